The Balaban J connectivity index is 1.49. The highest BCUT2D eigenvalue weighted by atomic mass is 35.5. The number of benzene rings is 1. The van der Waals surface area contributed by atoms with E-state index in [1.807, 2.05) is 32.0 Å². The number of carbonyl (C=O) groups excluding carboxylic acids is 1. The van der Waals surface area contributed by atoms with Gasteiger partial charge in [-0.3, -0.25) is 9.89 Å². The predicted molar refractivity (Wildman–Crippen MR) is 104 cm³/mol. The van der Waals surface area contributed by atoms with Gasteiger partial charge in [-0.25, -0.2) is 0 Å². The quantitative estimate of drug-likeness (QED) is 0.641. The van der Waals surface area contributed by atoms with Gasteiger partial charge in [-0.15, -0.1) is 0 Å². The van der Waals surface area contributed by atoms with Crippen LogP contribution in [0.25, 0.3) is 10.9 Å². The molecule has 1 unspecified atom stereocenters. The molecule has 1 aliphatic rings. The molecule has 0 radical (unpaired) electrons. The van der Waals surface area contributed by atoms with Crippen LogP contribution in [0.1, 0.15) is 53.5 Å². The molecule has 3 aromatic rings. The first-order valence-electron chi connectivity index (χ1n) is 9.12. The molecule has 1 aromatic carbocycles. The van der Waals surface area contributed by atoms with E-state index in [0.29, 0.717) is 12.8 Å². The normalized spacial score (nSPS) is 16.7. The molecule has 1 amide bonds. The van der Waals surface area contributed by atoms with E-state index in [1.54, 1.807) is 0 Å². The van der Waals surface area contributed by atoms with E-state index >= 15 is 0 Å². The molecule has 1 aliphatic carbocycles. The Morgan fingerprint density at radius 1 is 1.38 bits per heavy atom. The van der Waals surface area contributed by atoms with Gasteiger partial charge in [0.05, 0.1) is 11.7 Å². The Morgan fingerprint density at radius 2 is 2.23 bits per heavy atom. The first-order valence-corrected chi connectivity index (χ1v) is 9.50. The average molecular weight is 371 g/mol. The van der Waals surface area contributed by atoms with Crippen LogP contribution in [0, 0.1) is 13.8 Å². The van der Waals surface area contributed by atoms with Crippen molar-refractivity contribution in [3.05, 3.63) is 51.4 Å². The van der Waals surface area contributed by atoms with Crippen molar-refractivity contribution >= 4 is 28.4 Å². The van der Waals surface area contributed by atoms with Crippen LogP contribution in [0.5, 0.6) is 0 Å². The smallest absolute Gasteiger partial charge is 0.220 e. The van der Waals surface area contributed by atoms with E-state index in [1.165, 1.54) is 10.9 Å². The van der Waals surface area contributed by atoms with Gasteiger partial charge in [-0.2, -0.15) is 5.10 Å². The molecule has 0 bridgehead atoms. The average Bonchev–Trinajstić information content (AvgIpc) is 3.14. The maximum absolute atomic E-state index is 12.5. The summed E-state index contributed by atoms with van der Waals surface area (Å²) in [7, 11) is 0. The van der Waals surface area contributed by atoms with Gasteiger partial charge in [-0.1, -0.05) is 11.6 Å². The largest absolute Gasteiger partial charge is 0.356 e. The molecular formula is C20H23ClN4O. The van der Waals surface area contributed by atoms with Crippen LogP contribution in [-0.4, -0.2) is 21.1 Å². The van der Waals surface area contributed by atoms with Gasteiger partial charge in [0.2, 0.25) is 5.91 Å². The lowest BCUT2D eigenvalue weighted by Crippen LogP contribution is -2.31. The van der Waals surface area contributed by atoms with E-state index in [9.17, 15) is 4.79 Å². The van der Waals surface area contributed by atoms with Gasteiger partial charge in [0.15, 0.2) is 0 Å². The van der Waals surface area contributed by atoms with Crippen LogP contribution in [0.2, 0.25) is 5.02 Å². The third kappa shape index (κ3) is 3.12. The minimum atomic E-state index is 0.0453. The van der Waals surface area contributed by atoms with Crippen LogP contribution in [-0.2, 0) is 17.6 Å². The van der Waals surface area contributed by atoms with Crippen molar-refractivity contribution in [3.63, 3.8) is 0 Å². The second-order valence-electron chi connectivity index (χ2n) is 7.13. The predicted octanol–water partition coefficient (Wildman–Crippen LogP) is 4.29. The van der Waals surface area contributed by atoms with Gasteiger partial charge in [0.1, 0.15) is 0 Å². The summed E-state index contributed by atoms with van der Waals surface area (Å²) in [5.74, 6) is 0.0829. The molecule has 2 aromatic heterocycles. The van der Waals surface area contributed by atoms with Crippen LogP contribution >= 0.6 is 11.6 Å². The number of nitrogens with one attached hydrogen (secondary N) is 3. The van der Waals surface area contributed by atoms with Crippen LogP contribution in [0.15, 0.2) is 18.2 Å². The highest BCUT2D eigenvalue weighted by Crippen LogP contribution is 2.35. The lowest BCUT2D eigenvalue weighted by atomic mass is 9.91. The summed E-state index contributed by atoms with van der Waals surface area (Å²) in [5, 5.41) is 12.3. The van der Waals surface area contributed by atoms with Gasteiger partial charge in [-0.05, 0) is 68.9 Å². The van der Waals surface area contributed by atoms with Crippen LogP contribution in [0.4, 0.5) is 0 Å². The number of aromatic nitrogens is 3. The summed E-state index contributed by atoms with van der Waals surface area (Å²) < 4.78 is 0. The zero-order valence-corrected chi connectivity index (χ0v) is 15.8. The van der Waals surface area contributed by atoms with E-state index in [-0.39, 0.29) is 11.9 Å². The zero-order chi connectivity index (χ0) is 18.3. The topological polar surface area (TPSA) is 73.6 Å². The molecule has 0 spiro atoms. The number of H-pyrrole nitrogens is 2. The number of aromatic amines is 2. The molecule has 0 saturated carbocycles. The molecule has 1 atom stereocenters. The highest BCUT2D eigenvalue weighted by Gasteiger charge is 2.25. The van der Waals surface area contributed by atoms with E-state index in [4.69, 9.17) is 11.6 Å². The number of hydrogen-bond acceptors (Lipinski definition) is 2. The fourth-order valence-corrected chi connectivity index (χ4v) is 4.20. The summed E-state index contributed by atoms with van der Waals surface area (Å²) in [6.07, 6.45) is 4.23. The molecular weight excluding hydrogens is 348 g/mol. The molecule has 136 valence electrons. The number of nitrogens with zero attached hydrogens (tertiary/aromatic N) is 1. The van der Waals surface area contributed by atoms with Crippen LogP contribution < -0.4 is 5.32 Å². The number of carbonyl (C=O) groups is 1. The summed E-state index contributed by atoms with van der Waals surface area (Å²) in [5.41, 5.74) is 6.68. The maximum Gasteiger partial charge on any atom is 0.220 e. The number of fused-ring (bicyclic) bond motifs is 3. The Labute approximate surface area is 157 Å². The number of hydrogen-bond donors (Lipinski definition) is 3. The van der Waals surface area contributed by atoms with Crippen LogP contribution in [0.3, 0.4) is 0 Å². The number of rotatable bonds is 4. The van der Waals surface area contributed by atoms with Crippen molar-refractivity contribution in [3.8, 4) is 0 Å². The summed E-state index contributed by atoms with van der Waals surface area (Å²) >= 11 is 6.16. The fraction of sp³-hybridized carbons (Fsp3) is 0.400. The van der Waals surface area contributed by atoms with Crippen molar-refractivity contribution in [1.82, 2.24) is 20.5 Å². The van der Waals surface area contributed by atoms with E-state index < -0.39 is 0 Å². The highest BCUT2D eigenvalue weighted by molar-refractivity contribution is 6.31. The second kappa shape index (κ2) is 6.80. The minimum Gasteiger partial charge on any atom is -0.356 e. The Hall–Kier alpha value is -2.27. The summed E-state index contributed by atoms with van der Waals surface area (Å²) in [4.78, 5) is 16.0. The molecule has 4 rings (SSSR count). The van der Waals surface area contributed by atoms with Gasteiger partial charge in [0.25, 0.3) is 0 Å². The monoisotopic (exact) mass is 370 g/mol. The molecule has 0 saturated heterocycles. The van der Waals surface area contributed by atoms with Gasteiger partial charge in [0, 0.05) is 33.7 Å². The maximum atomic E-state index is 12.5. The lowest BCUT2D eigenvalue weighted by Gasteiger charge is -2.24. The molecule has 26 heavy (non-hydrogen) atoms. The van der Waals surface area contributed by atoms with E-state index in [2.05, 4.69) is 20.5 Å². The Morgan fingerprint density at radius 3 is 3.00 bits per heavy atom. The number of halogens is 1. The zero-order valence-electron chi connectivity index (χ0n) is 15.1. The third-order valence-corrected chi connectivity index (χ3v) is 5.62. The van der Waals surface area contributed by atoms with Crippen molar-refractivity contribution in [1.29, 1.82) is 0 Å². The fourth-order valence-electron chi connectivity index (χ4n) is 4.03. The molecule has 3 N–H and O–H groups in total. The SMILES string of the molecule is Cc1n[nH]c(C)c1CCC(=O)NC1CCCc2c1[nH]c1ccc(Cl)cc21. The van der Waals surface area contributed by atoms with Gasteiger partial charge < -0.3 is 10.3 Å². The molecule has 0 aliphatic heterocycles. The second-order valence-corrected chi connectivity index (χ2v) is 7.57. The van der Waals surface area contributed by atoms with Crippen molar-refractivity contribution < 1.29 is 4.79 Å². The number of amides is 1. The standard InChI is InChI=1S/C20H23ClN4O/c1-11-14(12(2)25-24-11)7-9-19(26)22-18-5-3-4-15-16-10-13(21)6-8-17(16)23-20(15)18/h6,8,10,18,23H,3-5,7,9H2,1-2H3,(H,22,26)(H,24,25). The van der Waals surface area contributed by atoms with Crippen molar-refractivity contribution in [2.24, 2.45) is 0 Å². The third-order valence-electron chi connectivity index (χ3n) is 5.39. The minimum absolute atomic E-state index is 0.0453. The van der Waals surface area contributed by atoms with E-state index in [0.717, 1.165) is 52.4 Å². The van der Waals surface area contributed by atoms with Crippen molar-refractivity contribution in [2.45, 2.75) is 52.0 Å². The Kier molecular flexibility index (Phi) is 4.49. The molecule has 2 heterocycles. The first kappa shape index (κ1) is 17.2. The first-order chi connectivity index (χ1) is 12.5. The summed E-state index contributed by atoms with van der Waals surface area (Å²) in [6, 6.07) is 5.97. The molecule has 0 fully saturated rings. The Bertz CT molecular complexity index is 952. The molecule has 5 nitrogen and oxygen atoms in total. The van der Waals surface area contributed by atoms with Gasteiger partial charge >= 0.3 is 0 Å². The summed E-state index contributed by atoms with van der Waals surface area (Å²) in [6.45, 7) is 3.97. The lowest BCUT2D eigenvalue weighted by molar-refractivity contribution is -0.121. The molecule has 6 heteroatoms. The van der Waals surface area contributed by atoms with Crippen molar-refractivity contribution in [2.75, 3.05) is 0 Å². The number of aryl methyl sites for hydroxylation is 3.